The van der Waals surface area contributed by atoms with Gasteiger partial charge in [-0.15, -0.1) is 0 Å². The molecule has 26 heavy (non-hydrogen) atoms. The van der Waals surface area contributed by atoms with E-state index in [4.69, 9.17) is 4.98 Å². The maximum Gasteiger partial charge on any atom is 0.236 e. The number of benzene rings is 1. The molecule has 0 bridgehead atoms. The molecule has 2 aromatic rings. The molecule has 1 aromatic carbocycles. The first-order valence-corrected chi connectivity index (χ1v) is 10.1. The molecule has 2 aliphatic heterocycles. The van der Waals surface area contributed by atoms with Crippen LogP contribution in [0.15, 0.2) is 12.1 Å². The lowest BCUT2D eigenvalue weighted by atomic mass is 9.96. The minimum Gasteiger partial charge on any atom is -0.342 e. The highest BCUT2D eigenvalue weighted by molar-refractivity contribution is 5.78. The second-order valence-corrected chi connectivity index (χ2v) is 8.07. The number of imidazole rings is 1. The van der Waals surface area contributed by atoms with Gasteiger partial charge in [-0.25, -0.2) is 4.98 Å². The van der Waals surface area contributed by atoms with Crippen LogP contribution in [0.2, 0.25) is 0 Å². The van der Waals surface area contributed by atoms with E-state index in [1.165, 1.54) is 30.4 Å². The predicted octanol–water partition coefficient (Wildman–Crippen LogP) is 3.37. The second-order valence-electron chi connectivity index (χ2n) is 8.07. The van der Waals surface area contributed by atoms with Gasteiger partial charge in [0.2, 0.25) is 5.91 Å². The highest BCUT2D eigenvalue weighted by atomic mass is 16.2. The molecule has 0 atom stereocenters. The van der Waals surface area contributed by atoms with Crippen molar-refractivity contribution in [3.05, 3.63) is 29.1 Å². The van der Waals surface area contributed by atoms with Gasteiger partial charge in [-0.3, -0.25) is 9.69 Å². The quantitative estimate of drug-likeness (QED) is 0.919. The molecule has 2 aliphatic rings. The third kappa shape index (κ3) is 3.63. The number of amides is 1. The van der Waals surface area contributed by atoms with Gasteiger partial charge in [-0.1, -0.05) is 0 Å². The zero-order valence-corrected chi connectivity index (χ0v) is 16.1. The molecule has 4 rings (SSSR count). The first-order chi connectivity index (χ1) is 12.6. The summed E-state index contributed by atoms with van der Waals surface area (Å²) in [5.74, 6) is 1.91. The molecule has 0 spiro atoms. The summed E-state index contributed by atoms with van der Waals surface area (Å²) in [6.45, 7) is 8.75. The molecule has 140 valence electrons. The number of fused-ring (bicyclic) bond motifs is 1. The van der Waals surface area contributed by atoms with Gasteiger partial charge in [-0.05, 0) is 82.3 Å². The Morgan fingerprint density at radius 2 is 1.77 bits per heavy atom. The molecule has 5 heteroatoms. The summed E-state index contributed by atoms with van der Waals surface area (Å²) in [5.41, 5.74) is 4.82. The number of H-pyrrole nitrogens is 1. The van der Waals surface area contributed by atoms with Crippen molar-refractivity contribution < 1.29 is 4.79 Å². The molecule has 0 aliphatic carbocycles. The van der Waals surface area contributed by atoms with Crippen molar-refractivity contribution in [3.63, 3.8) is 0 Å². The lowest BCUT2D eigenvalue weighted by Crippen LogP contribution is -2.44. The van der Waals surface area contributed by atoms with Crippen LogP contribution in [0.3, 0.4) is 0 Å². The van der Waals surface area contributed by atoms with Crippen LogP contribution < -0.4 is 0 Å². The van der Waals surface area contributed by atoms with Crippen LogP contribution in [0.5, 0.6) is 0 Å². The number of aromatic nitrogens is 2. The van der Waals surface area contributed by atoms with Crippen LogP contribution >= 0.6 is 0 Å². The van der Waals surface area contributed by atoms with Crippen LogP contribution in [-0.2, 0) is 4.79 Å². The summed E-state index contributed by atoms with van der Waals surface area (Å²) >= 11 is 0. The number of hydrogen-bond donors (Lipinski definition) is 1. The molecule has 2 saturated heterocycles. The highest BCUT2D eigenvalue weighted by Gasteiger charge is 2.26. The van der Waals surface area contributed by atoms with Gasteiger partial charge in [0.1, 0.15) is 5.82 Å². The molecule has 1 N–H and O–H groups in total. The van der Waals surface area contributed by atoms with Crippen molar-refractivity contribution >= 4 is 16.9 Å². The van der Waals surface area contributed by atoms with Crippen LogP contribution in [0.25, 0.3) is 11.0 Å². The standard InChI is InChI=1S/C21H30N4O/c1-15-12-18-19(13-16(15)2)23-21(22-18)17-6-10-24(11-7-17)14-20(26)25-8-4-3-5-9-25/h12-13,17H,3-11,14H2,1-2H3,(H,22,23). The maximum absolute atomic E-state index is 12.5. The number of carbonyl (C=O) groups excluding carboxylic acids is 1. The zero-order valence-electron chi connectivity index (χ0n) is 16.1. The van der Waals surface area contributed by atoms with Gasteiger partial charge in [0.25, 0.3) is 0 Å². The van der Waals surface area contributed by atoms with Crippen molar-refractivity contribution in [1.29, 1.82) is 0 Å². The summed E-state index contributed by atoms with van der Waals surface area (Å²) < 4.78 is 0. The first kappa shape index (κ1) is 17.5. The summed E-state index contributed by atoms with van der Waals surface area (Å²) in [4.78, 5) is 25.2. The van der Waals surface area contributed by atoms with Gasteiger partial charge < -0.3 is 9.88 Å². The van der Waals surface area contributed by atoms with Crippen molar-refractivity contribution in [3.8, 4) is 0 Å². The second kappa shape index (κ2) is 7.39. The molecule has 5 nitrogen and oxygen atoms in total. The molecule has 3 heterocycles. The van der Waals surface area contributed by atoms with Crippen molar-refractivity contribution in [1.82, 2.24) is 19.8 Å². The minimum atomic E-state index is 0.317. The number of carbonyl (C=O) groups is 1. The number of piperidine rings is 2. The third-order valence-corrected chi connectivity index (χ3v) is 6.16. The normalized spacial score (nSPS) is 20.0. The average molecular weight is 354 g/mol. The molecular weight excluding hydrogens is 324 g/mol. The Hall–Kier alpha value is -1.88. The van der Waals surface area contributed by atoms with Gasteiger partial charge in [0.05, 0.1) is 17.6 Å². The van der Waals surface area contributed by atoms with Gasteiger partial charge >= 0.3 is 0 Å². The smallest absolute Gasteiger partial charge is 0.236 e. The number of rotatable bonds is 3. The fourth-order valence-electron chi connectivity index (χ4n) is 4.28. The van der Waals surface area contributed by atoms with E-state index >= 15 is 0 Å². The number of aryl methyl sites for hydroxylation is 2. The SMILES string of the molecule is Cc1cc2nc(C3CCN(CC(=O)N4CCCCC4)CC3)[nH]c2cc1C. The Balaban J connectivity index is 1.35. The number of nitrogens with zero attached hydrogens (tertiary/aromatic N) is 3. The average Bonchev–Trinajstić information content (AvgIpc) is 3.06. The van der Waals surface area contributed by atoms with Crippen molar-refractivity contribution in [2.75, 3.05) is 32.7 Å². The summed E-state index contributed by atoms with van der Waals surface area (Å²) in [5, 5.41) is 0. The third-order valence-electron chi connectivity index (χ3n) is 6.16. The lowest BCUT2D eigenvalue weighted by Gasteiger charge is -2.33. The lowest BCUT2D eigenvalue weighted by molar-refractivity contribution is -0.133. The predicted molar refractivity (Wildman–Crippen MR) is 104 cm³/mol. The van der Waals surface area contributed by atoms with E-state index in [1.54, 1.807) is 0 Å². The van der Waals surface area contributed by atoms with Crippen molar-refractivity contribution in [2.45, 2.75) is 51.9 Å². The Morgan fingerprint density at radius 1 is 1.08 bits per heavy atom. The van der Waals surface area contributed by atoms with Crippen LogP contribution in [0, 0.1) is 13.8 Å². The molecule has 1 amide bonds. The van der Waals surface area contributed by atoms with E-state index in [9.17, 15) is 4.79 Å². The van der Waals surface area contributed by atoms with Gasteiger partial charge in [-0.2, -0.15) is 0 Å². The van der Waals surface area contributed by atoms with E-state index in [0.717, 1.165) is 55.9 Å². The maximum atomic E-state index is 12.5. The monoisotopic (exact) mass is 354 g/mol. The van der Waals surface area contributed by atoms with E-state index in [0.29, 0.717) is 18.4 Å². The Labute approximate surface area is 155 Å². The Morgan fingerprint density at radius 3 is 2.50 bits per heavy atom. The van der Waals surface area contributed by atoms with Crippen LogP contribution in [0.4, 0.5) is 0 Å². The fourth-order valence-corrected chi connectivity index (χ4v) is 4.28. The highest BCUT2D eigenvalue weighted by Crippen LogP contribution is 2.28. The molecule has 2 fully saturated rings. The number of likely N-dealkylation sites (tertiary alicyclic amines) is 2. The summed E-state index contributed by atoms with van der Waals surface area (Å²) in [7, 11) is 0. The summed E-state index contributed by atoms with van der Waals surface area (Å²) in [6, 6.07) is 4.38. The minimum absolute atomic E-state index is 0.317. The first-order valence-electron chi connectivity index (χ1n) is 10.1. The van der Waals surface area contributed by atoms with E-state index in [-0.39, 0.29) is 0 Å². The molecular formula is C21H30N4O. The Kier molecular flexibility index (Phi) is 4.98. The van der Waals surface area contributed by atoms with Crippen LogP contribution in [-0.4, -0.2) is 58.4 Å². The van der Waals surface area contributed by atoms with Gasteiger partial charge in [0, 0.05) is 19.0 Å². The van der Waals surface area contributed by atoms with E-state index < -0.39 is 0 Å². The van der Waals surface area contributed by atoms with Crippen molar-refractivity contribution in [2.24, 2.45) is 0 Å². The molecule has 0 unspecified atom stereocenters. The van der Waals surface area contributed by atoms with Crippen LogP contribution in [0.1, 0.15) is 55.0 Å². The number of hydrogen-bond acceptors (Lipinski definition) is 3. The Bertz CT molecular complexity index is 744. The largest absolute Gasteiger partial charge is 0.342 e. The number of nitrogens with one attached hydrogen (secondary N) is 1. The van der Waals surface area contributed by atoms with E-state index in [2.05, 4.69) is 40.8 Å². The fraction of sp³-hybridized carbons (Fsp3) is 0.619. The topological polar surface area (TPSA) is 52.2 Å². The molecule has 0 saturated carbocycles. The molecule has 0 radical (unpaired) electrons. The van der Waals surface area contributed by atoms with Gasteiger partial charge in [0.15, 0.2) is 0 Å². The van der Waals surface area contributed by atoms with E-state index in [1.807, 2.05) is 0 Å². The summed E-state index contributed by atoms with van der Waals surface area (Å²) in [6.07, 6.45) is 5.75. The molecule has 1 aromatic heterocycles. The zero-order chi connectivity index (χ0) is 18.1. The number of aromatic amines is 1.